The molecule has 0 radical (unpaired) electrons. The Morgan fingerprint density at radius 2 is 1.89 bits per heavy atom. The molecule has 0 saturated heterocycles. The minimum atomic E-state index is -1.01. The van der Waals surface area contributed by atoms with Crippen molar-refractivity contribution in [2.24, 2.45) is 0 Å². The Kier molecular flexibility index (Phi) is 5.66. The van der Waals surface area contributed by atoms with Crippen LogP contribution in [0.1, 0.15) is 22.8 Å². The van der Waals surface area contributed by atoms with E-state index >= 15 is 0 Å². The number of pyridine rings is 1. The molecule has 0 unspecified atom stereocenters. The van der Waals surface area contributed by atoms with Crippen molar-refractivity contribution in [2.75, 3.05) is 0 Å². The van der Waals surface area contributed by atoms with Gasteiger partial charge in [0.05, 0.1) is 11.1 Å². The fourth-order valence-electron chi connectivity index (χ4n) is 2.52. The zero-order chi connectivity index (χ0) is 19.4. The van der Waals surface area contributed by atoms with E-state index in [1.807, 2.05) is 0 Å². The van der Waals surface area contributed by atoms with Crippen molar-refractivity contribution in [1.29, 1.82) is 0 Å². The third-order valence-electron chi connectivity index (χ3n) is 3.94. The normalized spacial score (nSPS) is 11.8. The van der Waals surface area contributed by atoms with Crippen LogP contribution < -0.4 is 5.32 Å². The SMILES string of the molecule is C[C@@H](OC(=O)c1cc(Cl)nc2ccccc12)C(=O)NCc1ccc(F)cc1. The third-order valence-corrected chi connectivity index (χ3v) is 4.13. The summed E-state index contributed by atoms with van der Waals surface area (Å²) in [6.07, 6.45) is -1.01. The van der Waals surface area contributed by atoms with Crippen molar-refractivity contribution in [3.63, 3.8) is 0 Å². The smallest absolute Gasteiger partial charge is 0.339 e. The Labute approximate surface area is 160 Å². The summed E-state index contributed by atoms with van der Waals surface area (Å²) >= 11 is 5.97. The van der Waals surface area contributed by atoms with E-state index in [9.17, 15) is 14.0 Å². The summed E-state index contributed by atoms with van der Waals surface area (Å²) in [6, 6.07) is 14.2. The lowest BCUT2D eigenvalue weighted by Gasteiger charge is -2.14. The molecule has 0 aliphatic carbocycles. The highest BCUT2D eigenvalue weighted by Crippen LogP contribution is 2.22. The van der Waals surface area contributed by atoms with Gasteiger partial charge in [0.1, 0.15) is 11.0 Å². The van der Waals surface area contributed by atoms with Crippen molar-refractivity contribution >= 4 is 34.4 Å². The van der Waals surface area contributed by atoms with Crippen LogP contribution in [0.2, 0.25) is 5.15 Å². The number of hydrogen-bond donors (Lipinski definition) is 1. The number of amides is 1. The number of hydrogen-bond acceptors (Lipinski definition) is 4. The zero-order valence-electron chi connectivity index (χ0n) is 14.4. The minimum absolute atomic E-state index is 0.161. The van der Waals surface area contributed by atoms with Crippen LogP contribution in [0.15, 0.2) is 54.6 Å². The number of ether oxygens (including phenoxy) is 1. The molecule has 2 aromatic carbocycles. The van der Waals surface area contributed by atoms with Gasteiger partial charge in [0, 0.05) is 11.9 Å². The fraction of sp³-hybridized carbons (Fsp3) is 0.150. The van der Waals surface area contributed by atoms with Gasteiger partial charge in [-0.05, 0) is 36.8 Å². The van der Waals surface area contributed by atoms with Crippen LogP contribution in [-0.2, 0) is 16.1 Å². The summed E-state index contributed by atoms with van der Waals surface area (Å²) in [6.45, 7) is 1.67. The van der Waals surface area contributed by atoms with E-state index in [0.717, 1.165) is 5.56 Å². The summed E-state index contributed by atoms with van der Waals surface area (Å²) in [5, 5.41) is 3.40. The standard InChI is InChI=1S/C20H16ClFN2O3/c1-12(19(25)23-11-13-6-8-14(22)9-7-13)27-20(26)16-10-18(21)24-17-5-3-2-4-15(16)17/h2-10,12H,11H2,1H3,(H,23,25)/t12-/m1/s1. The van der Waals surface area contributed by atoms with Gasteiger partial charge in [-0.25, -0.2) is 14.2 Å². The van der Waals surface area contributed by atoms with E-state index in [4.69, 9.17) is 16.3 Å². The quantitative estimate of drug-likeness (QED) is 0.533. The van der Waals surface area contributed by atoms with Gasteiger partial charge in [0.25, 0.3) is 5.91 Å². The van der Waals surface area contributed by atoms with E-state index in [1.165, 1.54) is 25.1 Å². The minimum Gasteiger partial charge on any atom is -0.449 e. The van der Waals surface area contributed by atoms with Crippen molar-refractivity contribution in [3.05, 3.63) is 76.7 Å². The molecule has 0 fully saturated rings. The second-order valence-corrected chi connectivity index (χ2v) is 6.29. The maximum atomic E-state index is 12.9. The van der Waals surface area contributed by atoms with Gasteiger partial charge < -0.3 is 10.1 Å². The average molecular weight is 387 g/mol. The molecule has 1 atom stereocenters. The second-order valence-electron chi connectivity index (χ2n) is 5.90. The van der Waals surface area contributed by atoms with Crippen molar-refractivity contribution in [1.82, 2.24) is 10.3 Å². The third kappa shape index (κ3) is 4.60. The fourth-order valence-corrected chi connectivity index (χ4v) is 2.72. The Morgan fingerprint density at radius 1 is 1.19 bits per heavy atom. The molecular weight excluding hydrogens is 371 g/mol. The molecule has 27 heavy (non-hydrogen) atoms. The topological polar surface area (TPSA) is 68.3 Å². The number of halogens is 2. The van der Waals surface area contributed by atoms with Gasteiger partial charge in [0.2, 0.25) is 0 Å². The summed E-state index contributed by atoms with van der Waals surface area (Å²) in [5.74, 6) is -1.48. The van der Waals surface area contributed by atoms with E-state index in [-0.39, 0.29) is 23.1 Å². The van der Waals surface area contributed by atoms with Gasteiger partial charge in [-0.1, -0.05) is 41.9 Å². The van der Waals surface area contributed by atoms with E-state index < -0.39 is 18.0 Å². The largest absolute Gasteiger partial charge is 0.449 e. The molecule has 1 N–H and O–H groups in total. The molecule has 1 amide bonds. The first-order valence-electron chi connectivity index (χ1n) is 8.22. The number of rotatable bonds is 5. The summed E-state index contributed by atoms with van der Waals surface area (Å²) in [7, 11) is 0. The Morgan fingerprint density at radius 3 is 2.63 bits per heavy atom. The molecule has 0 aliphatic heterocycles. The maximum Gasteiger partial charge on any atom is 0.339 e. The molecule has 0 saturated carbocycles. The number of fused-ring (bicyclic) bond motifs is 1. The first kappa shape index (κ1) is 18.8. The van der Waals surface area contributed by atoms with E-state index in [0.29, 0.717) is 10.9 Å². The molecule has 3 rings (SSSR count). The number of benzene rings is 2. The predicted octanol–water partition coefficient (Wildman–Crippen LogP) is 3.89. The first-order valence-corrected chi connectivity index (χ1v) is 8.60. The molecule has 138 valence electrons. The van der Waals surface area contributed by atoms with Crippen LogP contribution in [0.4, 0.5) is 4.39 Å². The molecule has 0 aliphatic rings. The number of nitrogens with one attached hydrogen (secondary N) is 1. The Bertz CT molecular complexity index is 992. The highest BCUT2D eigenvalue weighted by Gasteiger charge is 2.21. The molecule has 3 aromatic rings. The first-order chi connectivity index (χ1) is 12.9. The van der Waals surface area contributed by atoms with Crippen LogP contribution in [0.5, 0.6) is 0 Å². The van der Waals surface area contributed by atoms with Crippen molar-refractivity contribution in [2.45, 2.75) is 19.6 Å². The van der Waals surface area contributed by atoms with Gasteiger partial charge >= 0.3 is 5.97 Å². The lowest BCUT2D eigenvalue weighted by Crippen LogP contribution is -2.35. The summed E-state index contributed by atoms with van der Waals surface area (Å²) in [4.78, 5) is 28.8. The van der Waals surface area contributed by atoms with Crippen LogP contribution in [0.25, 0.3) is 10.9 Å². The highest BCUT2D eigenvalue weighted by atomic mass is 35.5. The van der Waals surface area contributed by atoms with Crippen LogP contribution in [0.3, 0.4) is 0 Å². The molecule has 1 aromatic heterocycles. The maximum absolute atomic E-state index is 12.9. The lowest BCUT2D eigenvalue weighted by molar-refractivity contribution is -0.129. The molecule has 1 heterocycles. The summed E-state index contributed by atoms with van der Waals surface area (Å²) < 4.78 is 18.2. The zero-order valence-corrected chi connectivity index (χ0v) is 15.2. The van der Waals surface area contributed by atoms with Gasteiger partial charge in [0.15, 0.2) is 6.10 Å². The number of esters is 1. The summed E-state index contributed by atoms with van der Waals surface area (Å²) in [5.41, 5.74) is 1.53. The monoisotopic (exact) mass is 386 g/mol. The van der Waals surface area contributed by atoms with E-state index in [2.05, 4.69) is 10.3 Å². The molecule has 0 spiro atoms. The number of carbonyl (C=O) groups is 2. The van der Waals surface area contributed by atoms with E-state index in [1.54, 1.807) is 36.4 Å². The predicted molar refractivity (Wildman–Crippen MR) is 99.9 cm³/mol. The van der Waals surface area contributed by atoms with Gasteiger partial charge in [-0.3, -0.25) is 4.79 Å². The Hall–Kier alpha value is -2.99. The molecule has 0 bridgehead atoms. The molecule has 7 heteroatoms. The average Bonchev–Trinajstić information content (AvgIpc) is 2.66. The van der Waals surface area contributed by atoms with Crippen molar-refractivity contribution in [3.8, 4) is 0 Å². The second kappa shape index (κ2) is 8.14. The Balaban J connectivity index is 1.66. The highest BCUT2D eigenvalue weighted by molar-refractivity contribution is 6.30. The van der Waals surface area contributed by atoms with Crippen LogP contribution in [0, 0.1) is 5.82 Å². The van der Waals surface area contributed by atoms with Crippen LogP contribution in [-0.4, -0.2) is 23.0 Å². The lowest BCUT2D eigenvalue weighted by atomic mass is 10.1. The number of carbonyl (C=O) groups excluding carboxylic acids is 2. The van der Waals surface area contributed by atoms with Crippen LogP contribution >= 0.6 is 11.6 Å². The molecular formula is C20H16ClFN2O3. The van der Waals surface area contributed by atoms with Gasteiger partial charge in [-0.2, -0.15) is 0 Å². The van der Waals surface area contributed by atoms with Gasteiger partial charge in [-0.15, -0.1) is 0 Å². The number of para-hydroxylation sites is 1. The van der Waals surface area contributed by atoms with Crippen molar-refractivity contribution < 1.29 is 18.7 Å². The number of nitrogens with zero attached hydrogens (tertiary/aromatic N) is 1. The molecule has 5 nitrogen and oxygen atoms in total. The number of aromatic nitrogens is 1.